The van der Waals surface area contributed by atoms with Gasteiger partial charge in [0.1, 0.15) is 28.3 Å². The van der Waals surface area contributed by atoms with Crippen molar-refractivity contribution < 1.29 is 14.0 Å². The molecule has 46 heavy (non-hydrogen) atoms. The van der Waals surface area contributed by atoms with Crippen molar-refractivity contribution in [2.75, 3.05) is 0 Å². The summed E-state index contributed by atoms with van der Waals surface area (Å²) in [5.74, 6) is 2.89. The van der Waals surface area contributed by atoms with E-state index < -0.39 is 5.66 Å². The molecule has 6 heteroatoms. The number of hydrogen-bond acceptors (Lipinski definition) is 2. The number of para-hydroxylation sites is 1. The molecule has 0 saturated heterocycles. The minimum atomic E-state index is -0.711. The first-order valence-electron chi connectivity index (χ1n) is 15.7. The topological polar surface area (TPSA) is 39.7 Å². The van der Waals surface area contributed by atoms with E-state index >= 15 is 0 Å². The Morgan fingerprint density at radius 2 is 1.52 bits per heavy atom. The van der Waals surface area contributed by atoms with Crippen molar-refractivity contribution in [3.63, 3.8) is 0 Å². The summed E-state index contributed by atoms with van der Waals surface area (Å²) in [4.78, 5) is 5.06. The first-order valence-corrected chi connectivity index (χ1v) is 15.7. The molecule has 0 amide bonds. The average molecular weight is 594 g/mol. The predicted octanol–water partition coefficient (Wildman–Crippen LogP) is 7.53. The van der Waals surface area contributed by atoms with E-state index in [4.69, 9.17) is 9.72 Å². The molecule has 0 bridgehead atoms. The molecule has 8 aromatic rings. The zero-order valence-electron chi connectivity index (χ0n) is 25.3. The molecule has 216 valence electrons. The van der Waals surface area contributed by atoms with Gasteiger partial charge < -0.3 is 4.74 Å². The first-order chi connectivity index (χ1) is 22.7. The SMILES string of the molecule is Cc1c(-c2ccc(-c3ccccc3)cn2)c(C)[n+]2n1-c1cccc3c1C21c2c(ccc4c5ccccc5n(c24)-c2cccc[n+]21)O3. The Hall–Kier alpha value is -6.01. The van der Waals surface area contributed by atoms with Crippen LogP contribution in [-0.2, 0) is 5.66 Å². The third kappa shape index (κ3) is 2.61. The fraction of sp³-hybridized carbons (Fsp3) is 0.0750. The highest BCUT2D eigenvalue weighted by atomic mass is 16.5. The van der Waals surface area contributed by atoms with Gasteiger partial charge in [-0.05, 0) is 61.0 Å². The number of pyridine rings is 2. The number of hydrogen-bond donors (Lipinski definition) is 0. The van der Waals surface area contributed by atoms with Gasteiger partial charge in [-0.2, -0.15) is 9.13 Å². The van der Waals surface area contributed by atoms with Crippen LogP contribution in [0.1, 0.15) is 22.5 Å². The minimum Gasteiger partial charge on any atom is -0.456 e. The van der Waals surface area contributed by atoms with Gasteiger partial charge >= 0.3 is 5.66 Å². The van der Waals surface area contributed by atoms with Crippen molar-refractivity contribution in [1.82, 2.24) is 14.2 Å². The first kappa shape index (κ1) is 24.3. The summed E-state index contributed by atoms with van der Waals surface area (Å²) in [5, 5.41) is 2.47. The van der Waals surface area contributed by atoms with E-state index in [1.165, 1.54) is 21.8 Å². The maximum Gasteiger partial charge on any atom is 0.397 e. The normalized spacial score (nSPS) is 16.3. The molecule has 0 aliphatic carbocycles. The van der Waals surface area contributed by atoms with E-state index in [9.17, 15) is 0 Å². The van der Waals surface area contributed by atoms with Crippen LogP contribution in [0, 0.1) is 13.8 Å². The number of aromatic nitrogens is 5. The largest absolute Gasteiger partial charge is 0.456 e. The quantitative estimate of drug-likeness (QED) is 0.195. The summed E-state index contributed by atoms with van der Waals surface area (Å²) in [5.41, 5.74) is 11.8. The van der Waals surface area contributed by atoms with Crippen molar-refractivity contribution in [3.05, 3.63) is 150 Å². The van der Waals surface area contributed by atoms with Crippen molar-refractivity contribution in [3.8, 4) is 45.4 Å². The number of ether oxygens (including phenoxy) is 1. The van der Waals surface area contributed by atoms with Crippen molar-refractivity contribution in [2.24, 2.45) is 0 Å². The van der Waals surface area contributed by atoms with Crippen LogP contribution in [0.15, 0.2) is 128 Å². The van der Waals surface area contributed by atoms with Gasteiger partial charge in [0.05, 0.1) is 23.1 Å². The maximum absolute atomic E-state index is 6.83. The van der Waals surface area contributed by atoms with Gasteiger partial charge in [0.2, 0.25) is 5.69 Å². The van der Waals surface area contributed by atoms with Crippen LogP contribution >= 0.6 is 0 Å². The Morgan fingerprint density at radius 3 is 2.39 bits per heavy atom. The van der Waals surface area contributed by atoms with Gasteiger partial charge in [-0.3, -0.25) is 4.98 Å². The number of rotatable bonds is 2. The van der Waals surface area contributed by atoms with E-state index in [0.717, 1.165) is 67.9 Å². The average Bonchev–Trinajstić information content (AvgIpc) is 3.70. The summed E-state index contributed by atoms with van der Waals surface area (Å²) >= 11 is 0. The monoisotopic (exact) mass is 593 g/mol. The summed E-state index contributed by atoms with van der Waals surface area (Å²) in [6, 6.07) is 40.9. The molecule has 6 nitrogen and oxygen atoms in total. The lowest BCUT2D eigenvalue weighted by molar-refractivity contribution is -0.995. The summed E-state index contributed by atoms with van der Waals surface area (Å²) in [7, 11) is 0. The molecule has 1 unspecified atom stereocenters. The van der Waals surface area contributed by atoms with Crippen molar-refractivity contribution >= 4 is 21.8 Å². The Morgan fingerprint density at radius 1 is 0.696 bits per heavy atom. The number of nitrogens with zero attached hydrogens (tertiary/aromatic N) is 5. The van der Waals surface area contributed by atoms with Gasteiger partial charge in [0.25, 0.3) is 5.82 Å². The van der Waals surface area contributed by atoms with Gasteiger partial charge in [-0.15, -0.1) is 4.68 Å². The number of fused-ring (bicyclic) bond motifs is 7. The van der Waals surface area contributed by atoms with Gasteiger partial charge in [0, 0.05) is 35.5 Å². The smallest absolute Gasteiger partial charge is 0.397 e. The zero-order chi connectivity index (χ0) is 30.3. The lowest BCUT2D eigenvalue weighted by atomic mass is 9.84. The van der Waals surface area contributed by atoms with Gasteiger partial charge in [0.15, 0.2) is 11.1 Å². The van der Waals surface area contributed by atoms with Crippen LogP contribution in [0.3, 0.4) is 0 Å². The summed E-state index contributed by atoms with van der Waals surface area (Å²) < 4.78 is 16.6. The molecule has 1 spiro atoms. The maximum atomic E-state index is 6.83. The molecule has 3 aliphatic heterocycles. The molecule has 0 saturated carbocycles. The second-order valence-corrected chi connectivity index (χ2v) is 12.5. The molecular formula is C40H27N5O+2. The molecule has 1 atom stereocenters. The molecule has 7 heterocycles. The molecule has 0 fully saturated rings. The second-order valence-electron chi connectivity index (χ2n) is 12.5. The molecular weight excluding hydrogens is 566 g/mol. The fourth-order valence-electron chi connectivity index (χ4n) is 8.68. The molecule has 3 aliphatic rings. The van der Waals surface area contributed by atoms with E-state index in [1.807, 2.05) is 12.3 Å². The van der Waals surface area contributed by atoms with E-state index in [2.05, 4.69) is 148 Å². The highest BCUT2D eigenvalue weighted by molar-refractivity contribution is 6.11. The molecule has 11 rings (SSSR count). The van der Waals surface area contributed by atoms with Crippen molar-refractivity contribution in [1.29, 1.82) is 0 Å². The molecule has 0 N–H and O–H groups in total. The fourth-order valence-corrected chi connectivity index (χ4v) is 8.68. The van der Waals surface area contributed by atoms with Gasteiger partial charge in [-0.25, -0.2) is 0 Å². The Labute approximate surface area is 264 Å². The predicted molar refractivity (Wildman–Crippen MR) is 177 cm³/mol. The van der Waals surface area contributed by atoms with Crippen LogP contribution in [0.4, 0.5) is 0 Å². The Kier molecular flexibility index (Phi) is 4.32. The standard InChI is InChI=1S/C40H27N5O/c1-24-36(30-20-18-27(23-41-30)26-11-4-3-5-12-26)25(2)45-40-37-32(44(24)45)15-10-16-33(37)46-34-21-19-29-28-13-6-7-14-31(28)43(39(29)38(34)40)35-17-8-9-22-42(35)40/h3-23H,1-2H3/q+2. The van der Waals surface area contributed by atoms with E-state index in [0.29, 0.717) is 0 Å². The summed E-state index contributed by atoms with van der Waals surface area (Å²) in [6.07, 6.45) is 4.23. The molecule has 4 aromatic carbocycles. The zero-order valence-corrected chi connectivity index (χ0v) is 25.3. The Bertz CT molecular complexity index is 2630. The summed E-state index contributed by atoms with van der Waals surface area (Å²) in [6.45, 7) is 4.46. The lowest BCUT2D eigenvalue weighted by Gasteiger charge is -2.33. The Balaban J connectivity index is 1.29. The van der Waals surface area contributed by atoms with Crippen LogP contribution in [-0.4, -0.2) is 14.2 Å². The highest BCUT2D eigenvalue weighted by Gasteiger charge is 2.69. The molecule has 4 aromatic heterocycles. The second kappa shape index (κ2) is 8.17. The lowest BCUT2D eigenvalue weighted by Crippen LogP contribution is -2.77. The van der Waals surface area contributed by atoms with E-state index in [1.54, 1.807) is 0 Å². The van der Waals surface area contributed by atoms with Crippen LogP contribution < -0.4 is 14.0 Å². The highest BCUT2D eigenvalue weighted by Crippen LogP contribution is 2.55. The van der Waals surface area contributed by atoms with Crippen LogP contribution in [0.5, 0.6) is 11.5 Å². The van der Waals surface area contributed by atoms with Crippen LogP contribution in [0.2, 0.25) is 0 Å². The third-order valence-electron chi connectivity index (χ3n) is 10.4. The van der Waals surface area contributed by atoms with Gasteiger partial charge in [-0.1, -0.05) is 65.3 Å². The minimum absolute atomic E-state index is 0.711. The third-order valence-corrected chi connectivity index (χ3v) is 10.4. The van der Waals surface area contributed by atoms with E-state index in [-0.39, 0.29) is 0 Å². The molecule has 0 radical (unpaired) electrons. The van der Waals surface area contributed by atoms with Crippen LogP contribution in [0.25, 0.3) is 55.7 Å². The van der Waals surface area contributed by atoms with Crippen molar-refractivity contribution in [2.45, 2.75) is 19.5 Å². The number of benzene rings is 4.